The molecule has 192 valence electrons. The number of hydrogen-bond acceptors (Lipinski definition) is 5. The summed E-state index contributed by atoms with van der Waals surface area (Å²) < 4.78 is 13.9. The van der Waals surface area contributed by atoms with E-state index in [0.717, 1.165) is 38.8 Å². The number of benzene rings is 2. The predicted octanol–water partition coefficient (Wildman–Crippen LogP) is 6.62. The maximum atomic E-state index is 13.9. The quantitative estimate of drug-likeness (QED) is 0.234. The molecular weight excluding hydrogens is 505 g/mol. The normalized spacial score (nSPS) is 11.2. The van der Waals surface area contributed by atoms with Crippen LogP contribution in [-0.2, 0) is 0 Å². The number of amides is 1. The molecule has 2 aromatic carbocycles. The van der Waals surface area contributed by atoms with Crippen molar-refractivity contribution in [1.29, 1.82) is 0 Å². The molecule has 0 unspecified atom stereocenters. The molecule has 0 aliphatic carbocycles. The van der Waals surface area contributed by atoms with Gasteiger partial charge in [-0.1, -0.05) is 30.3 Å². The summed E-state index contributed by atoms with van der Waals surface area (Å²) in [6.07, 6.45) is 6.76. The van der Waals surface area contributed by atoms with Crippen LogP contribution in [0.15, 0.2) is 104 Å². The number of aromatic nitrogens is 6. The minimum Gasteiger partial charge on any atom is -0.352 e. The monoisotopic (exact) mass is 525 g/mol. The van der Waals surface area contributed by atoms with Crippen molar-refractivity contribution in [3.63, 3.8) is 0 Å². The van der Waals surface area contributed by atoms with Crippen LogP contribution in [0.3, 0.4) is 0 Å². The van der Waals surface area contributed by atoms with Gasteiger partial charge in [-0.05, 0) is 54.1 Å². The number of halogens is 1. The van der Waals surface area contributed by atoms with Crippen LogP contribution in [0.2, 0.25) is 0 Å². The summed E-state index contributed by atoms with van der Waals surface area (Å²) in [6, 6.07) is 23.0. The number of aromatic amines is 2. The molecule has 0 atom stereocenters. The first-order valence-corrected chi connectivity index (χ1v) is 12.5. The van der Waals surface area contributed by atoms with E-state index in [1.165, 1.54) is 12.1 Å². The Morgan fingerprint density at radius 1 is 0.800 bits per heavy atom. The molecule has 5 aromatic heterocycles. The third-order valence-corrected chi connectivity index (χ3v) is 6.67. The highest BCUT2D eigenvalue weighted by atomic mass is 19.1. The smallest absolute Gasteiger partial charge is 0.255 e. The van der Waals surface area contributed by atoms with Crippen LogP contribution in [-0.4, -0.2) is 36.0 Å². The maximum absolute atomic E-state index is 13.9. The fourth-order valence-corrected chi connectivity index (χ4v) is 4.75. The van der Waals surface area contributed by atoms with Crippen LogP contribution >= 0.6 is 0 Å². The van der Waals surface area contributed by atoms with E-state index in [0.29, 0.717) is 28.2 Å². The lowest BCUT2D eigenvalue weighted by Gasteiger charge is -2.07. The van der Waals surface area contributed by atoms with Crippen LogP contribution in [0.4, 0.5) is 10.1 Å². The molecule has 5 heterocycles. The Morgan fingerprint density at radius 2 is 1.68 bits per heavy atom. The van der Waals surface area contributed by atoms with Gasteiger partial charge in [0.25, 0.3) is 5.91 Å². The molecule has 0 spiro atoms. The van der Waals surface area contributed by atoms with Gasteiger partial charge in [-0.15, -0.1) is 0 Å². The average molecular weight is 526 g/mol. The Morgan fingerprint density at radius 3 is 2.55 bits per heavy atom. The number of fused-ring (bicyclic) bond motifs is 2. The summed E-state index contributed by atoms with van der Waals surface area (Å²) in [4.78, 5) is 29.5. The number of H-pyrrole nitrogens is 2. The second-order valence-electron chi connectivity index (χ2n) is 9.29. The molecule has 0 aliphatic heterocycles. The van der Waals surface area contributed by atoms with E-state index < -0.39 is 0 Å². The van der Waals surface area contributed by atoms with Gasteiger partial charge in [0.1, 0.15) is 17.0 Å². The number of anilines is 1. The van der Waals surface area contributed by atoms with Crippen molar-refractivity contribution in [3.8, 4) is 33.8 Å². The molecule has 8 nitrogen and oxygen atoms in total. The predicted molar refractivity (Wildman–Crippen MR) is 152 cm³/mol. The van der Waals surface area contributed by atoms with Crippen LogP contribution in [0.5, 0.6) is 0 Å². The lowest BCUT2D eigenvalue weighted by molar-refractivity contribution is 0.102. The Balaban J connectivity index is 1.25. The zero-order chi connectivity index (χ0) is 27.1. The molecular formula is C31H20FN7O. The van der Waals surface area contributed by atoms with Gasteiger partial charge in [0.05, 0.1) is 40.5 Å². The Labute approximate surface area is 227 Å². The van der Waals surface area contributed by atoms with Crippen molar-refractivity contribution in [2.45, 2.75) is 0 Å². The zero-order valence-electron chi connectivity index (χ0n) is 20.9. The van der Waals surface area contributed by atoms with Gasteiger partial charge in [-0.25, -0.2) is 9.37 Å². The highest BCUT2D eigenvalue weighted by molar-refractivity contribution is 6.04. The minimum atomic E-state index is -0.307. The van der Waals surface area contributed by atoms with Crippen LogP contribution in [0, 0.1) is 5.82 Å². The third kappa shape index (κ3) is 4.25. The Kier molecular flexibility index (Phi) is 5.59. The number of hydrogen-bond donors (Lipinski definition) is 3. The number of nitrogens with one attached hydrogen (secondary N) is 3. The van der Waals surface area contributed by atoms with E-state index in [9.17, 15) is 9.18 Å². The van der Waals surface area contributed by atoms with Crippen molar-refractivity contribution in [3.05, 3.63) is 115 Å². The molecule has 1 amide bonds. The zero-order valence-corrected chi connectivity index (χ0v) is 20.9. The summed E-state index contributed by atoms with van der Waals surface area (Å²) in [5, 5.41) is 11.4. The first-order valence-electron chi connectivity index (χ1n) is 12.5. The van der Waals surface area contributed by atoms with Crippen molar-refractivity contribution in [2.75, 3.05) is 5.32 Å². The summed E-state index contributed by atoms with van der Waals surface area (Å²) in [6.45, 7) is 0. The van der Waals surface area contributed by atoms with Crippen molar-refractivity contribution in [2.24, 2.45) is 0 Å². The lowest BCUT2D eigenvalue weighted by atomic mass is 10.0. The summed E-state index contributed by atoms with van der Waals surface area (Å²) >= 11 is 0. The van der Waals surface area contributed by atoms with Gasteiger partial charge in [-0.2, -0.15) is 5.10 Å². The maximum Gasteiger partial charge on any atom is 0.255 e. The van der Waals surface area contributed by atoms with E-state index in [4.69, 9.17) is 4.98 Å². The standard InChI is InChI=1S/C31H20FN7O/c32-21-8-4-7-19(11-21)24-16-34-17-28-23(24)13-27(36-28)30-29-26(38-39-30)10-9-25(37-29)20-12-22(15-33-14-20)35-31(40)18-5-2-1-3-6-18/h1-17,36H,(H,35,40)(H,38,39). The van der Waals surface area contributed by atoms with E-state index in [2.05, 4.69) is 30.5 Å². The molecule has 40 heavy (non-hydrogen) atoms. The molecule has 9 heteroatoms. The first kappa shape index (κ1) is 23.4. The fourth-order valence-electron chi connectivity index (χ4n) is 4.75. The Bertz CT molecular complexity index is 2030. The molecule has 7 aromatic rings. The van der Waals surface area contributed by atoms with E-state index >= 15 is 0 Å². The van der Waals surface area contributed by atoms with Crippen LogP contribution in [0.25, 0.3) is 55.7 Å². The van der Waals surface area contributed by atoms with Gasteiger partial charge < -0.3 is 10.3 Å². The number of carbonyl (C=O) groups excluding carboxylic acids is 1. The van der Waals surface area contributed by atoms with Gasteiger partial charge >= 0.3 is 0 Å². The fraction of sp³-hybridized carbons (Fsp3) is 0. The molecule has 0 saturated carbocycles. The van der Waals surface area contributed by atoms with Crippen molar-refractivity contribution >= 4 is 33.5 Å². The van der Waals surface area contributed by atoms with Crippen LogP contribution in [0.1, 0.15) is 10.4 Å². The highest BCUT2D eigenvalue weighted by Crippen LogP contribution is 2.34. The summed E-state index contributed by atoms with van der Waals surface area (Å²) in [5.41, 5.74) is 7.72. The molecule has 0 saturated heterocycles. The van der Waals surface area contributed by atoms with Crippen molar-refractivity contribution < 1.29 is 9.18 Å². The molecule has 0 aliphatic rings. The Hall–Kier alpha value is -5.70. The molecule has 0 fully saturated rings. The average Bonchev–Trinajstić information content (AvgIpc) is 3.61. The van der Waals surface area contributed by atoms with Gasteiger partial charge in [0.2, 0.25) is 0 Å². The number of nitrogens with zero attached hydrogens (tertiary/aromatic N) is 4. The number of carbonyl (C=O) groups is 1. The second kappa shape index (κ2) is 9.55. The summed E-state index contributed by atoms with van der Waals surface area (Å²) in [7, 11) is 0. The molecule has 0 bridgehead atoms. The number of pyridine rings is 3. The van der Waals surface area contributed by atoms with Gasteiger partial charge in [0, 0.05) is 34.5 Å². The minimum absolute atomic E-state index is 0.217. The van der Waals surface area contributed by atoms with Crippen molar-refractivity contribution in [1.82, 2.24) is 30.1 Å². The van der Waals surface area contributed by atoms with Gasteiger partial charge in [0.15, 0.2) is 0 Å². The molecule has 0 radical (unpaired) electrons. The van der Waals surface area contributed by atoms with E-state index in [-0.39, 0.29) is 11.7 Å². The van der Waals surface area contributed by atoms with E-state index in [1.54, 1.807) is 43.0 Å². The molecule has 7 rings (SSSR count). The van der Waals surface area contributed by atoms with Gasteiger partial charge in [-0.3, -0.25) is 19.9 Å². The lowest BCUT2D eigenvalue weighted by Crippen LogP contribution is -2.11. The largest absolute Gasteiger partial charge is 0.352 e. The summed E-state index contributed by atoms with van der Waals surface area (Å²) in [5.74, 6) is -0.524. The SMILES string of the molecule is O=C(Nc1cncc(-c2ccc3[nH]nc(-c4cc5c(-c6cccc(F)c6)cncc5[nH]4)c3n2)c1)c1ccccc1. The topological polar surface area (TPSA) is 112 Å². The molecule has 3 N–H and O–H groups in total. The van der Waals surface area contributed by atoms with E-state index in [1.807, 2.05) is 48.5 Å². The first-order chi connectivity index (χ1) is 19.6. The highest BCUT2D eigenvalue weighted by Gasteiger charge is 2.16. The van der Waals surface area contributed by atoms with Crippen LogP contribution < -0.4 is 5.32 Å². The second-order valence-corrected chi connectivity index (χ2v) is 9.29. The number of rotatable bonds is 5. The third-order valence-electron chi connectivity index (χ3n) is 6.67.